The van der Waals surface area contributed by atoms with Gasteiger partial charge in [-0.3, -0.25) is 0 Å². The molecule has 0 spiro atoms. The average molecular weight is 275 g/mol. The van der Waals surface area contributed by atoms with E-state index in [0.717, 1.165) is 12.1 Å². The maximum absolute atomic E-state index is 12.1. The molecule has 1 rings (SSSR count). The summed E-state index contributed by atoms with van der Waals surface area (Å²) in [6.07, 6.45) is -3.48. The van der Waals surface area contributed by atoms with Crippen LogP contribution >= 0.6 is 0 Å². The van der Waals surface area contributed by atoms with E-state index in [1.54, 1.807) is 0 Å². The van der Waals surface area contributed by atoms with E-state index in [1.807, 2.05) is 0 Å². The molecule has 1 aromatic carbocycles. The lowest BCUT2D eigenvalue weighted by atomic mass is 10.2. The van der Waals surface area contributed by atoms with Crippen LogP contribution in [0.2, 0.25) is 0 Å². The fourth-order valence-corrected chi connectivity index (χ4v) is 1.30. The van der Waals surface area contributed by atoms with Crippen LogP contribution in [-0.4, -0.2) is 25.5 Å². The first kappa shape index (κ1) is 14.9. The molecular formula is C12H12F3NO3. The first-order valence-corrected chi connectivity index (χ1v) is 5.18. The minimum absolute atomic E-state index is 0.275. The number of carbonyl (C=O) groups is 1. The Morgan fingerprint density at radius 3 is 2.68 bits per heavy atom. The molecule has 19 heavy (non-hydrogen) atoms. The monoisotopic (exact) mass is 275 g/mol. The van der Waals surface area contributed by atoms with Crippen molar-refractivity contribution >= 4 is 11.7 Å². The third kappa shape index (κ3) is 4.90. The summed E-state index contributed by atoms with van der Waals surface area (Å²) < 4.78 is 44.4. The van der Waals surface area contributed by atoms with Crippen molar-refractivity contribution in [2.75, 3.05) is 12.4 Å². The molecule has 0 aromatic heterocycles. The molecular weight excluding hydrogens is 263 g/mol. The van der Waals surface area contributed by atoms with Gasteiger partial charge in [0.05, 0.1) is 7.11 Å². The first-order chi connectivity index (χ1) is 8.85. The molecule has 0 heterocycles. The summed E-state index contributed by atoms with van der Waals surface area (Å²) in [5, 5.41) is 2.67. The zero-order valence-electron chi connectivity index (χ0n) is 10.0. The number of nitrogens with one attached hydrogen (secondary N) is 1. The van der Waals surface area contributed by atoms with Gasteiger partial charge in [0, 0.05) is 11.8 Å². The third-order valence-electron chi connectivity index (χ3n) is 2.08. The number of hydrogen-bond donors (Lipinski definition) is 1. The minimum Gasteiger partial charge on any atom is -0.467 e. The summed E-state index contributed by atoms with van der Waals surface area (Å²) in [5.41, 5.74) is 0.275. The predicted octanol–water partition coefficient (Wildman–Crippen LogP) is 2.72. The Bertz CT molecular complexity index is 460. The van der Waals surface area contributed by atoms with Gasteiger partial charge in [-0.2, -0.15) is 0 Å². The lowest BCUT2D eigenvalue weighted by Gasteiger charge is -2.15. The lowest BCUT2D eigenvalue weighted by Crippen LogP contribution is -2.28. The van der Waals surface area contributed by atoms with Crippen LogP contribution in [0.3, 0.4) is 0 Å². The number of benzene rings is 1. The second-order valence-electron chi connectivity index (χ2n) is 3.46. The highest BCUT2D eigenvalue weighted by Crippen LogP contribution is 2.25. The molecule has 4 nitrogen and oxygen atoms in total. The number of rotatable bonds is 5. The normalized spacial score (nSPS) is 12.4. The second kappa shape index (κ2) is 6.12. The van der Waals surface area contributed by atoms with E-state index in [9.17, 15) is 18.0 Å². The highest BCUT2D eigenvalue weighted by Gasteiger charge is 2.31. The van der Waals surface area contributed by atoms with Crippen molar-refractivity contribution in [3.63, 3.8) is 0 Å². The number of anilines is 1. The van der Waals surface area contributed by atoms with Gasteiger partial charge >= 0.3 is 12.3 Å². The highest BCUT2D eigenvalue weighted by atomic mass is 19.4. The molecule has 1 N–H and O–H groups in total. The van der Waals surface area contributed by atoms with Gasteiger partial charge < -0.3 is 14.8 Å². The highest BCUT2D eigenvalue weighted by molar-refractivity contribution is 5.81. The summed E-state index contributed by atoms with van der Waals surface area (Å²) >= 11 is 0. The number of hydrogen-bond acceptors (Lipinski definition) is 4. The quantitative estimate of drug-likeness (QED) is 0.663. The molecule has 0 aliphatic rings. The maximum atomic E-state index is 12.1. The largest absolute Gasteiger partial charge is 0.573 e. The van der Waals surface area contributed by atoms with E-state index < -0.39 is 18.4 Å². The predicted molar refractivity (Wildman–Crippen MR) is 62.7 cm³/mol. The van der Waals surface area contributed by atoms with Gasteiger partial charge in [-0.1, -0.05) is 12.1 Å². The molecule has 7 heteroatoms. The lowest BCUT2D eigenvalue weighted by molar-refractivity contribution is -0.274. The number of methoxy groups -OCH3 is 1. The third-order valence-corrected chi connectivity index (χ3v) is 2.08. The fourth-order valence-electron chi connectivity index (χ4n) is 1.30. The Hall–Kier alpha value is -2.18. The minimum atomic E-state index is -4.77. The first-order valence-electron chi connectivity index (χ1n) is 5.18. The van der Waals surface area contributed by atoms with Crippen molar-refractivity contribution in [2.24, 2.45) is 0 Å². The molecule has 0 bridgehead atoms. The van der Waals surface area contributed by atoms with Crippen LogP contribution in [0.5, 0.6) is 5.75 Å². The molecule has 0 fully saturated rings. The summed E-state index contributed by atoms with van der Waals surface area (Å²) in [4.78, 5) is 11.3. The van der Waals surface area contributed by atoms with Crippen molar-refractivity contribution in [1.82, 2.24) is 0 Å². The SMILES string of the molecule is C=CC(Nc1cccc(OC(F)(F)F)c1)C(=O)OC. The van der Waals surface area contributed by atoms with Crippen LogP contribution in [0, 0.1) is 0 Å². The molecule has 0 saturated heterocycles. The van der Waals surface area contributed by atoms with Gasteiger partial charge in [0.15, 0.2) is 0 Å². The van der Waals surface area contributed by atoms with Crippen LogP contribution in [0.1, 0.15) is 0 Å². The molecule has 0 radical (unpaired) electrons. The number of ether oxygens (including phenoxy) is 2. The number of carbonyl (C=O) groups excluding carboxylic acids is 1. The Morgan fingerprint density at radius 1 is 1.47 bits per heavy atom. The topological polar surface area (TPSA) is 47.6 Å². The Labute approximate surface area is 107 Å². The molecule has 104 valence electrons. The fraction of sp³-hybridized carbons (Fsp3) is 0.250. The molecule has 0 aliphatic carbocycles. The maximum Gasteiger partial charge on any atom is 0.573 e. The summed E-state index contributed by atoms with van der Waals surface area (Å²) in [6.45, 7) is 3.43. The molecule has 0 aliphatic heterocycles. The Kier molecular flexibility index (Phi) is 4.80. The van der Waals surface area contributed by atoms with Crippen molar-refractivity contribution in [1.29, 1.82) is 0 Å². The van der Waals surface area contributed by atoms with Crippen LogP contribution in [0.25, 0.3) is 0 Å². The van der Waals surface area contributed by atoms with E-state index in [0.29, 0.717) is 0 Å². The van der Waals surface area contributed by atoms with Crippen LogP contribution in [0.4, 0.5) is 18.9 Å². The number of esters is 1. The van der Waals surface area contributed by atoms with Crippen molar-refractivity contribution in [3.8, 4) is 5.75 Å². The second-order valence-corrected chi connectivity index (χ2v) is 3.46. The Balaban J connectivity index is 2.82. The van der Waals surface area contributed by atoms with Crippen molar-refractivity contribution < 1.29 is 27.4 Å². The summed E-state index contributed by atoms with van der Waals surface area (Å²) in [6, 6.07) is 4.27. The van der Waals surface area contributed by atoms with Crippen molar-refractivity contribution in [3.05, 3.63) is 36.9 Å². The average Bonchev–Trinajstić information content (AvgIpc) is 2.33. The van der Waals surface area contributed by atoms with E-state index in [4.69, 9.17) is 0 Å². The van der Waals surface area contributed by atoms with Gasteiger partial charge in [0.1, 0.15) is 11.8 Å². The van der Waals surface area contributed by atoms with Crippen LogP contribution in [0.15, 0.2) is 36.9 Å². The molecule has 1 unspecified atom stereocenters. The molecule has 0 amide bonds. The smallest absolute Gasteiger partial charge is 0.467 e. The van der Waals surface area contributed by atoms with Gasteiger partial charge in [0.2, 0.25) is 0 Å². The number of halogens is 3. The standard InChI is InChI=1S/C12H12F3NO3/c1-3-10(11(17)18-2)16-8-5-4-6-9(7-8)19-12(13,14)15/h3-7,10,16H,1H2,2H3. The molecule has 1 aromatic rings. The van der Waals surface area contributed by atoms with Gasteiger partial charge in [-0.15, -0.1) is 19.8 Å². The molecule has 1 atom stereocenters. The zero-order valence-corrected chi connectivity index (χ0v) is 10.0. The van der Waals surface area contributed by atoms with Gasteiger partial charge in [-0.05, 0) is 12.1 Å². The van der Waals surface area contributed by atoms with Crippen molar-refractivity contribution in [2.45, 2.75) is 12.4 Å². The van der Waals surface area contributed by atoms with Gasteiger partial charge in [0.25, 0.3) is 0 Å². The van der Waals surface area contributed by atoms with Gasteiger partial charge in [-0.25, -0.2) is 4.79 Å². The molecule has 0 saturated carbocycles. The van der Waals surface area contributed by atoms with Crippen LogP contribution < -0.4 is 10.1 Å². The summed E-state index contributed by atoms with van der Waals surface area (Å²) in [7, 11) is 1.20. The van der Waals surface area contributed by atoms with E-state index >= 15 is 0 Å². The van der Waals surface area contributed by atoms with Crippen LogP contribution in [-0.2, 0) is 9.53 Å². The van der Waals surface area contributed by atoms with E-state index in [1.165, 1.54) is 25.3 Å². The number of alkyl halides is 3. The summed E-state index contributed by atoms with van der Waals surface area (Å²) in [5.74, 6) is -0.984. The van der Waals surface area contributed by atoms with E-state index in [2.05, 4.69) is 21.4 Å². The Morgan fingerprint density at radius 2 is 2.16 bits per heavy atom. The zero-order chi connectivity index (χ0) is 14.5. The van der Waals surface area contributed by atoms with E-state index in [-0.39, 0.29) is 11.4 Å².